The van der Waals surface area contributed by atoms with E-state index in [1.165, 1.54) is 0 Å². The lowest BCUT2D eigenvalue weighted by Gasteiger charge is -2.09. The van der Waals surface area contributed by atoms with Crippen LogP contribution in [-0.4, -0.2) is 25.4 Å². The van der Waals surface area contributed by atoms with Crippen molar-refractivity contribution in [3.05, 3.63) is 100 Å². The monoisotopic (exact) mass is 423 g/mol. The summed E-state index contributed by atoms with van der Waals surface area (Å²) in [4.78, 5) is 24.5. The molecule has 0 radical (unpaired) electrons. The molecule has 3 aromatic carbocycles. The fourth-order valence-corrected chi connectivity index (χ4v) is 2.99. The fraction of sp³-hybridized carbons (Fsp3) is 0.167. The molecule has 0 heterocycles. The predicted octanol–water partition coefficient (Wildman–Crippen LogP) is 4.41. The Kier molecular flexibility index (Phi) is 7.60. The normalized spacial score (nSPS) is 10.5. The van der Waals surface area contributed by atoms with E-state index in [-0.39, 0.29) is 18.3 Å². The summed E-state index contributed by atoms with van der Waals surface area (Å²) in [5.74, 6) is 0.181. The molecule has 0 unspecified atom stereocenters. The summed E-state index contributed by atoms with van der Waals surface area (Å²) in [7, 11) is 1.64. The molecule has 6 heteroatoms. The van der Waals surface area contributed by atoms with E-state index in [4.69, 9.17) is 21.1 Å². The van der Waals surface area contributed by atoms with Crippen LogP contribution in [0.1, 0.15) is 27.0 Å². The van der Waals surface area contributed by atoms with Crippen LogP contribution >= 0.6 is 11.6 Å². The number of carbonyl (C=O) groups excluding carboxylic acids is 2. The first-order chi connectivity index (χ1) is 14.5. The topological polar surface area (TPSA) is 64.6 Å². The second-order valence-electron chi connectivity index (χ2n) is 6.68. The standard InChI is InChI=1S/C24H22ClNO4/c1-29-15-18-4-2-3-17(13-18)14-26-23(27)16-30-22-11-7-20(8-12-22)24(28)19-5-9-21(25)10-6-19/h2-13H,14-16H2,1H3,(H,26,27). The molecule has 5 nitrogen and oxygen atoms in total. The van der Waals surface area contributed by atoms with Gasteiger partial charge < -0.3 is 14.8 Å². The van der Waals surface area contributed by atoms with Crippen molar-refractivity contribution in [3.63, 3.8) is 0 Å². The van der Waals surface area contributed by atoms with Crippen LogP contribution < -0.4 is 10.1 Å². The molecule has 0 saturated carbocycles. The Morgan fingerprint density at radius 1 is 0.900 bits per heavy atom. The number of benzene rings is 3. The number of hydrogen-bond acceptors (Lipinski definition) is 4. The van der Waals surface area contributed by atoms with Gasteiger partial charge in [-0.15, -0.1) is 0 Å². The number of methoxy groups -OCH3 is 1. The van der Waals surface area contributed by atoms with Gasteiger partial charge in [0.25, 0.3) is 5.91 Å². The Morgan fingerprint density at radius 2 is 1.53 bits per heavy atom. The van der Waals surface area contributed by atoms with E-state index < -0.39 is 0 Å². The van der Waals surface area contributed by atoms with Crippen molar-refractivity contribution in [3.8, 4) is 5.75 Å². The number of halogens is 1. The molecule has 0 fully saturated rings. The molecule has 154 valence electrons. The molecule has 0 bridgehead atoms. The van der Waals surface area contributed by atoms with Crippen LogP contribution in [0.25, 0.3) is 0 Å². The van der Waals surface area contributed by atoms with Crippen molar-refractivity contribution in [1.29, 1.82) is 0 Å². The maximum atomic E-state index is 12.5. The summed E-state index contributed by atoms with van der Waals surface area (Å²) < 4.78 is 10.6. The lowest BCUT2D eigenvalue weighted by molar-refractivity contribution is -0.123. The van der Waals surface area contributed by atoms with Gasteiger partial charge in [0.05, 0.1) is 6.61 Å². The minimum absolute atomic E-state index is 0.105. The molecule has 0 aliphatic carbocycles. The minimum Gasteiger partial charge on any atom is -0.484 e. The number of rotatable bonds is 9. The largest absolute Gasteiger partial charge is 0.484 e. The lowest BCUT2D eigenvalue weighted by atomic mass is 10.0. The molecular formula is C24H22ClNO4. The molecule has 1 amide bonds. The molecule has 1 N–H and O–H groups in total. The smallest absolute Gasteiger partial charge is 0.258 e. The number of ether oxygens (including phenoxy) is 2. The number of hydrogen-bond donors (Lipinski definition) is 1. The maximum Gasteiger partial charge on any atom is 0.258 e. The van der Waals surface area contributed by atoms with E-state index in [0.29, 0.717) is 35.1 Å². The summed E-state index contributed by atoms with van der Waals surface area (Å²) >= 11 is 5.85. The number of ketones is 1. The zero-order chi connectivity index (χ0) is 21.3. The molecule has 3 rings (SSSR count). The third-order valence-electron chi connectivity index (χ3n) is 4.38. The van der Waals surface area contributed by atoms with Crippen LogP contribution in [0.3, 0.4) is 0 Å². The molecule has 0 saturated heterocycles. The summed E-state index contributed by atoms with van der Waals surface area (Å²) in [5.41, 5.74) is 3.13. The zero-order valence-electron chi connectivity index (χ0n) is 16.6. The van der Waals surface area contributed by atoms with E-state index in [2.05, 4.69) is 5.32 Å². The first-order valence-corrected chi connectivity index (χ1v) is 9.79. The van der Waals surface area contributed by atoms with Gasteiger partial charge in [-0.1, -0.05) is 35.9 Å². The first-order valence-electron chi connectivity index (χ1n) is 9.42. The Balaban J connectivity index is 1.48. The van der Waals surface area contributed by atoms with Crippen LogP contribution in [0.5, 0.6) is 5.75 Å². The summed E-state index contributed by atoms with van der Waals surface area (Å²) in [6, 6.07) is 21.2. The van der Waals surface area contributed by atoms with Gasteiger partial charge in [0.1, 0.15) is 5.75 Å². The lowest BCUT2D eigenvalue weighted by Crippen LogP contribution is -2.28. The molecular weight excluding hydrogens is 402 g/mol. The second kappa shape index (κ2) is 10.6. The fourth-order valence-electron chi connectivity index (χ4n) is 2.87. The predicted molar refractivity (Wildman–Crippen MR) is 116 cm³/mol. The van der Waals surface area contributed by atoms with Gasteiger partial charge in [0.2, 0.25) is 0 Å². The number of nitrogens with one attached hydrogen (secondary N) is 1. The molecule has 0 atom stereocenters. The van der Waals surface area contributed by atoms with Crippen molar-refractivity contribution in [1.82, 2.24) is 5.32 Å². The van der Waals surface area contributed by atoms with Crippen molar-refractivity contribution < 1.29 is 19.1 Å². The third-order valence-corrected chi connectivity index (χ3v) is 4.64. The van der Waals surface area contributed by atoms with Crippen LogP contribution in [0, 0.1) is 0 Å². The van der Waals surface area contributed by atoms with Crippen molar-refractivity contribution in [2.24, 2.45) is 0 Å². The average molecular weight is 424 g/mol. The van der Waals surface area contributed by atoms with Gasteiger partial charge in [-0.3, -0.25) is 9.59 Å². The molecule has 0 aliphatic heterocycles. The van der Waals surface area contributed by atoms with Crippen molar-refractivity contribution in [2.45, 2.75) is 13.2 Å². The average Bonchev–Trinajstić information content (AvgIpc) is 2.77. The van der Waals surface area contributed by atoms with E-state index in [1.54, 1.807) is 55.6 Å². The van der Waals surface area contributed by atoms with E-state index in [9.17, 15) is 9.59 Å². The first kappa shape index (κ1) is 21.6. The number of carbonyl (C=O) groups is 2. The van der Waals surface area contributed by atoms with E-state index in [1.807, 2.05) is 24.3 Å². The van der Waals surface area contributed by atoms with Gasteiger partial charge in [-0.2, -0.15) is 0 Å². The van der Waals surface area contributed by atoms with Gasteiger partial charge in [-0.25, -0.2) is 0 Å². The Morgan fingerprint density at radius 3 is 2.20 bits per heavy atom. The molecule has 0 aliphatic rings. The molecule has 3 aromatic rings. The third kappa shape index (κ3) is 6.17. The Bertz CT molecular complexity index is 1000. The van der Waals surface area contributed by atoms with Gasteiger partial charge >= 0.3 is 0 Å². The highest BCUT2D eigenvalue weighted by atomic mass is 35.5. The van der Waals surface area contributed by atoms with Gasteiger partial charge in [0, 0.05) is 29.8 Å². The Labute approximate surface area is 180 Å². The maximum absolute atomic E-state index is 12.5. The highest BCUT2D eigenvalue weighted by Gasteiger charge is 2.10. The van der Waals surface area contributed by atoms with Crippen molar-refractivity contribution in [2.75, 3.05) is 13.7 Å². The van der Waals surface area contributed by atoms with E-state index in [0.717, 1.165) is 11.1 Å². The van der Waals surface area contributed by atoms with Gasteiger partial charge in [-0.05, 0) is 59.7 Å². The van der Waals surface area contributed by atoms with Crippen LogP contribution in [0.4, 0.5) is 0 Å². The molecule has 0 aromatic heterocycles. The van der Waals surface area contributed by atoms with Gasteiger partial charge in [0.15, 0.2) is 12.4 Å². The highest BCUT2D eigenvalue weighted by Crippen LogP contribution is 2.17. The van der Waals surface area contributed by atoms with Crippen LogP contribution in [0.15, 0.2) is 72.8 Å². The Hall–Kier alpha value is -3.15. The summed E-state index contributed by atoms with van der Waals surface area (Å²) in [6.07, 6.45) is 0. The summed E-state index contributed by atoms with van der Waals surface area (Å²) in [5, 5.41) is 3.40. The van der Waals surface area contributed by atoms with Crippen LogP contribution in [0.2, 0.25) is 5.02 Å². The second-order valence-corrected chi connectivity index (χ2v) is 7.12. The van der Waals surface area contributed by atoms with Crippen molar-refractivity contribution >= 4 is 23.3 Å². The molecule has 30 heavy (non-hydrogen) atoms. The summed E-state index contributed by atoms with van der Waals surface area (Å²) in [6.45, 7) is 0.831. The molecule has 0 spiro atoms. The highest BCUT2D eigenvalue weighted by molar-refractivity contribution is 6.30. The number of amides is 1. The van der Waals surface area contributed by atoms with Crippen LogP contribution in [-0.2, 0) is 22.7 Å². The quantitative estimate of drug-likeness (QED) is 0.518. The van der Waals surface area contributed by atoms with E-state index >= 15 is 0 Å². The minimum atomic E-state index is -0.228. The zero-order valence-corrected chi connectivity index (χ0v) is 17.3. The SMILES string of the molecule is COCc1cccc(CNC(=O)COc2ccc(C(=O)c3ccc(Cl)cc3)cc2)c1.